The van der Waals surface area contributed by atoms with E-state index in [0.29, 0.717) is 63.4 Å². The number of hydrogen-bond donors (Lipinski definition) is 3. The minimum absolute atomic E-state index is 0.0437. The number of para-hydroxylation sites is 1. The predicted molar refractivity (Wildman–Crippen MR) is 173 cm³/mol. The lowest BCUT2D eigenvalue weighted by Crippen LogP contribution is -2.63. The van der Waals surface area contributed by atoms with Crippen molar-refractivity contribution in [3.8, 4) is 0 Å². The quantitative estimate of drug-likeness (QED) is 0.320. The first-order valence-corrected chi connectivity index (χ1v) is 16.5. The van der Waals surface area contributed by atoms with Crippen molar-refractivity contribution in [1.29, 1.82) is 0 Å². The first-order chi connectivity index (χ1) is 22.1. The van der Waals surface area contributed by atoms with Gasteiger partial charge >= 0.3 is 0 Å². The fourth-order valence-electron chi connectivity index (χ4n) is 6.28. The Morgan fingerprint density at radius 2 is 1.72 bits per heavy atom. The van der Waals surface area contributed by atoms with Gasteiger partial charge in [-0.3, -0.25) is 28.8 Å². The van der Waals surface area contributed by atoms with Gasteiger partial charge in [0.2, 0.25) is 23.6 Å². The van der Waals surface area contributed by atoms with E-state index in [1.165, 1.54) is 22.9 Å². The van der Waals surface area contributed by atoms with Gasteiger partial charge in [-0.1, -0.05) is 52.2 Å². The Bertz CT molecular complexity index is 1500. The van der Waals surface area contributed by atoms with Gasteiger partial charge in [-0.25, -0.2) is 0 Å². The van der Waals surface area contributed by atoms with Crippen molar-refractivity contribution in [2.45, 2.75) is 109 Å². The zero-order valence-corrected chi connectivity index (χ0v) is 27.3. The molecule has 12 nitrogen and oxygen atoms in total. The number of ketones is 1. The molecule has 2 saturated heterocycles. The molecule has 1 aromatic heterocycles. The Hall–Kier alpha value is -4.22. The first kappa shape index (κ1) is 34.6. The predicted octanol–water partition coefficient (Wildman–Crippen LogP) is 2.56. The van der Waals surface area contributed by atoms with Crippen molar-refractivity contribution >= 4 is 40.3 Å². The molecule has 4 rings (SSSR count). The Morgan fingerprint density at radius 3 is 2.43 bits per heavy atom. The lowest BCUT2D eigenvalue weighted by Gasteiger charge is -2.39. The van der Waals surface area contributed by atoms with E-state index in [2.05, 4.69) is 16.0 Å². The second kappa shape index (κ2) is 15.9. The van der Waals surface area contributed by atoms with Gasteiger partial charge in [-0.05, 0) is 50.2 Å². The smallest absolute Gasteiger partial charge is 0.248 e. The fourth-order valence-corrected chi connectivity index (χ4v) is 6.28. The molecule has 2 aliphatic rings. The molecule has 0 spiro atoms. The van der Waals surface area contributed by atoms with E-state index in [1.54, 1.807) is 24.3 Å². The third-order valence-electron chi connectivity index (χ3n) is 9.30. The summed E-state index contributed by atoms with van der Waals surface area (Å²) in [4.78, 5) is 88.6. The molecule has 5 unspecified atom stereocenters. The molecule has 0 saturated carbocycles. The number of nitrogens with zero attached hydrogens (tertiary/aromatic N) is 2. The summed E-state index contributed by atoms with van der Waals surface area (Å²) in [7, 11) is 1.42. The fraction of sp³-hybridized carbons (Fsp3) is 0.588. The molecular formula is C34H47N5O7. The maximum atomic E-state index is 14.2. The molecule has 2 fully saturated rings. The number of unbranched alkanes of at least 4 members (excludes halogenated alkanes) is 2. The maximum Gasteiger partial charge on any atom is 0.248 e. The van der Waals surface area contributed by atoms with Gasteiger partial charge in [0.1, 0.15) is 37.1 Å². The highest BCUT2D eigenvalue weighted by Gasteiger charge is 2.41. The second-order valence-electron chi connectivity index (χ2n) is 12.3. The number of amides is 4. The minimum atomic E-state index is -1.48. The lowest BCUT2D eigenvalue weighted by atomic mass is 9.93. The van der Waals surface area contributed by atoms with Crippen molar-refractivity contribution < 1.29 is 28.8 Å². The van der Waals surface area contributed by atoms with E-state index in [0.717, 1.165) is 6.42 Å². The van der Waals surface area contributed by atoms with Crippen LogP contribution in [-0.2, 0) is 24.0 Å². The van der Waals surface area contributed by atoms with Crippen LogP contribution in [0.25, 0.3) is 10.9 Å². The number of carbonyl (C=O) groups excluding carboxylic acids is 5. The largest absolute Gasteiger partial charge is 0.417 e. The molecule has 0 aliphatic carbocycles. The normalized spacial score (nSPS) is 23.3. The summed E-state index contributed by atoms with van der Waals surface area (Å²) in [5.74, 6) is -2.24. The average molecular weight is 638 g/mol. The van der Waals surface area contributed by atoms with E-state index in [1.807, 2.05) is 20.8 Å². The summed E-state index contributed by atoms with van der Waals surface area (Å²) in [6.07, 6.45) is 6.90. The van der Waals surface area contributed by atoms with Crippen LogP contribution in [0.3, 0.4) is 0 Å². The molecule has 4 amide bonds. The molecule has 46 heavy (non-hydrogen) atoms. The first-order valence-electron chi connectivity index (χ1n) is 16.5. The standard InChI is InChI=1S/C34H47N5O7/c1-5-21(3)28-34(45)38-19-13-12-18-27(38)32(43)35-25(16-9-7-8-14-22(40)6-2)31(42)37-29(33(44)36-28)24-20-39(46-4)26-17-11-10-15-23(26)30(24)41/h10-11,15,17,20-21,25,27-29H,5-9,12-14,16,18-19H2,1-4H3,(H,35,43)(H,36,44)(H,37,42). The highest BCUT2D eigenvalue weighted by atomic mass is 16.6. The van der Waals surface area contributed by atoms with Crippen LogP contribution in [0.5, 0.6) is 0 Å². The highest BCUT2D eigenvalue weighted by Crippen LogP contribution is 2.24. The lowest BCUT2D eigenvalue weighted by molar-refractivity contribution is -0.147. The van der Waals surface area contributed by atoms with Gasteiger partial charge in [0.05, 0.1) is 17.3 Å². The van der Waals surface area contributed by atoms with Crippen molar-refractivity contribution in [3.63, 3.8) is 0 Å². The van der Waals surface area contributed by atoms with Crippen LogP contribution in [0.4, 0.5) is 0 Å². The highest BCUT2D eigenvalue weighted by molar-refractivity contribution is 5.98. The number of carbonyl (C=O) groups is 5. The molecule has 0 radical (unpaired) electrons. The van der Waals surface area contributed by atoms with E-state index in [4.69, 9.17) is 4.84 Å². The molecule has 12 heteroatoms. The van der Waals surface area contributed by atoms with Gasteiger partial charge in [-0.2, -0.15) is 4.73 Å². The van der Waals surface area contributed by atoms with Crippen molar-refractivity contribution in [2.24, 2.45) is 5.92 Å². The number of fused-ring (bicyclic) bond motifs is 2. The number of piperidine rings is 1. The van der Waals surface area contributed by atoms with Crippen LogP contribution in [0.15, 0.2) is 35.3 Å². The third kappa shape index (κ3) is 7.76. The summed E-state index contributed by atoms with van der Waals surface area (Å²) >= 11 is 0. The Kier molecular flexibility index (Phi) is 11.9. The topological polar surface area (TPSA) is 156 Å². The number of Topliss-reactive ketones (excluding diaryl/α,β-unsaturated/α-hetero) is 1. The summed E-state index contributed by atoms with van der Waals surface area (Å²) in [6.45, 7) is 5.93. The van der Waals surface area contributed by atoms with Crippen molar-refractivity contribution in [1.82, 2.24) is 25.6 Å². The zero-order valence-electron chi connectivity index (χ0n) is 27.3. The summed E-state index contributed by atoms with van der Waals surface area (Å²) in [6, 6.07) is 2.50. The van der Waals surface area contributed by atoms with Crippen LogP contribution >= 0.6 is 0 Å². The van der Waals surface area contributed by atoms with E-state index >= 15 is 0 Å². The number of hydrogen-bond acceptors (Lipinski definition) is 7. The number of aromatic nitrogens is 1. The molecule has 250 valence electrons. The number of benzene rings is 1. The van der Waals surface area contributed by atoms with Crippen molar-refractivity contribution in [2.75, 3.05) is 13.7 Å². The number of rotatable bonds is 11. The van der Waals surface area contributed by atoms with E-state index < -0.39 is 47.3 Å². The van der Waals surface area contributed by atoms with Crippen molar-refractivity contribution in [3.05, 3.63) is 46.2 Å². The van der Waals surface area contributed by atoms with Crippen LogP contribution in [0.1, 0.15) is 96.6 Å². The van der Waals surface area contributed by atoms with Gasteiger partial charge in [-0.15, -0.1) is 0 Å². The minimum Gasteiger partial charge on any atom is -0.417 e. The van der Waals surface area contributed by atoms with Crippen LogP contribution in [0.2, 0.25) is 0 Å². The van der Waals surface area contributed by atoms with Gasteiger partial charge in [0.25, 0.3) is 0 Å². The Balaban J connectivity index is 1.76. The molecule has 3 N–H and O–H groups in total. The molecule has 3 heterocycles. The monoisotopic (exact) mass is 637 g/mol. The summed E-state index contributed by atoms with van der Waals surface area (Å²) in [5.41, 5.74) is -0.0351. The zero-order chi connectivity index (χ0) is 33.4. The SMILES string of the molecule is CCC(=O)CCCCCC1NC(=O)C2CCCCN2C(=O)C(C(C)CC)NC(=O)C(c2cn(OC)c3ccccc3c2=O)NC1=O. The number of pyridine rings is 1. The van der Waals surface area contributed by atoms with E-state index in [-0.39, 0.29) is 35.0 Å². The Labute approximate surface area is 269 Å². The molecule has 0 bridgehead atoms. The molecule has 1 aromatic carbocycles. The van der Waals surface area contributed by atoms with Gasteiger partial charge < -0.3 is 25.7 Å². The molecular weight excluding hydrogens is 590 g/mol. The third-order valence-corrected chi connectivity index (χ3v) is 9.30. The maximum absolute atomic E-state index is 14.2. The Morgan fingerprint density at radius 1 is 0.957 bits per heavy atom. The average Bonchev–Trinajstić information content (AvgIpc) is 3.07. The van der Waals surface area contributed by atoms with E-state index in [9.17, 15) is 28.8 Å². The number of nitrogens with one attached hydrogen (secondary N) is 3. The summed E-state index contributed by atoms with van der Waals surface area (Å²) < 4.78 is 1.36. The molecule has 2 aliphatic heterocycles. The molecule has 5 atom stereocenters. The van der Waals surface area contributed by atoms with Crippen LogP contribution in [-0.4, -0.2) is 70.8 Å². The van der Waals surface area contributed by atoms with Gasteiger partial charge in [0.15, 0.2) is 5.43 Å². The van der Waals surface area contributed by atoms with Gasteiger partial charge in [0, 0.05) is 24.8 Å². The van der Waals surface area contributed by atoms with Crippen LogP contribution in [0, 0.1) is 5.92 Å². The van der Waals surface area contributed by atoms with Crippen LogP contribution < -0.4 is 26.2 Å². The second-order valence-corrected chi connectivity index (χ2v) is 12.3. The molecule has 2 aromatic rings. The summed E-state index contributed by atoms with van der Waals surface area (Å²) in [5, 5.41) is 8.77.